The molecule has 0 saturated heterocycles. The lowest BCUT2D eigenvalue weighted by molar-refractivity contribution is -0.137. The molecule has 2 aromatic rings. The fraction of sp³-hybridized carbons (Fsp3) is 0.278. The van der Waals surface area contributed by atoms with E-state index < -0.39 is 38.7 Å². The van der Waals surface area contributed by atoms with Crippen LogP contribution < -0.4 is 29.6 Å². The molecule has 31 heavy (non-hydrogen) atoms. The van der Waals surface area contributed by atoms with E-state index >= 15 is 0 Å². The Labute approximate surface area is 175 Å². The summed E-state index contributed by atoms with van der Waals surface area (Å²) in [5, 5.41) is 4.94. The predicted octanol–water partition coefficient (Wildman–Crippen LogP) is 2.40. The Bertz CT molecular complexity index is 1100. The van der Waals surface area contributed by atoms with Crippen LogP contribution >= 0.6 is 0 Å². The number of alkyl halides is 3. The molecule has 0 fully saturated rings. The minimum Gasteiger partial charge on any atom is -0.493 e. The molecule has 1 aliphatic rings. The Hall–Kier alpha value is -3.19. The Morgan fingerprint density at radius 2 is 1.65 bits per heavy atom. The third-order valence-corrected chi connectivity index (χ3v) is 5.84. The summed E-state index contributed by atoms with van der Waals surface area (Å²) in [6, 6.07) is 4.92. The quantitative estimate of drug-likeness (QED) is 0.626. The number of amides is 1. The third kappa shape index (κ3) is 4.46. The van der Waals surface area contributed by atoms with Gasteiger partial charge in [-0.25, -0.2) is 8.42 Å². The van der Waals surface area contributed by atoms with E-state index in [0.717, 1.165) is 6.07 Å². The molecule has 0 saturated carbocycles. The zero-order chi connectivity index (χ0) is 23.0. The van der Waals surface area contributed by atoms with E-state index in [0.29, 0.717) is 12.1 Å². The Balaban J connectivity index is 1.90. The molecular weight excluding hydrogens is 443 g/mol. The highest BCUT2D eigenvalue weighted by Crippen LogP contribution is 2.40. The second kappa shape index (κ2) is 8.15. The van der Waals surface area contributed by atoms with Crippen molar-refractivity contribution in [2.75, 3.05) is 32.0 Å². The number of benzene rings is 2. The first-order chi connectivity index (χ1) is 14.5. The lowest BCUT2D eigenvalue weighted by atomic mass is 10.2. The number of rotatable bonds is 5. The van der Waals surface area contributed by atoms with Crippen molar-refractivity contribution in [3.63, 3.8) is 0 Å². The van der Waals surface area contributed by atoms with E-state index in [-0.39, 0.29) is 28.6 Å². The molecule has 9 nitrogen and oxygen atoms in total. The van der Waals surface area contributed by atoms with Crippen molar-refractivity contribution in [2.24, 2.45) is 0 Å². The Kier molecular flexibility index (Phi) is 5.91. The van der Waals surface area contributed by atoms with Gasteiger partial charge in [0.05, 0.1) is 32.6 Å². The molecule has 0 bridgehead atoms. The van der Waals surface area contributed by atoms with Crippen molar-refractivity contribution in [3.8, 4) is 17.2 Å². The molecule has 3 N–H and O–H groups in total. The molecule has 1 atom stereocenters. The maximum atomic E-state index is 13.0. The molecule has 1 amide bonds. The van der Waals surface area contributed by atoms with Crippen molar-refractivity contribution in [3.05, 3.63) is 35.9 Å². The summed E-state index contributed by atoms with van der Waals surface area (Å²) in [6.45, 7) is 0. The second-order valence-electron chi connectivity index (χ2n) is 6.31. The van der Waals surface area contributed by atoms with Gasteiger partial charge in [0.15, 0.2) is 17.7 Å². The largest absolute Gasteiger partial charge is 0.493 e. The van der Waals surface area contributed by atoms with Gasteiger partial charge in [0.25, 0.3) is 5.91 Å². The average Bonchev–Trinajstić information content (AvgIpc) is 2.71. The minimum absolute atomic E-state index is 0.176. The SMILES string of the molecule is COc1cc(NC(=O)[C@H]2Nc3cc(C(F)(F)F)ccc3S(=O)(=O)N2)cc(OC)c1OC. The standard InChI is InChI=1S/C18H18F3N3O6S/c1-28-12-7-10(8-13(29-2)15(12)30-3)22-17(25)16-23-11-6-9(18(19,20)21)4-5-14(11)31(26,27)24-16/h4-8,16,23-24H,1-3H3,(H,22,25)/t16-/m0/s1. The van der Waals surface area contributed by atoms with Crippen molar-refractivity contribution in [1.29, 1.82) is 0 Å². The van der Waals surface area contributed by atoms with Crippen LogP contribution in [0.1, 0.15) is 5.56 Å². The highest BCUT2D eigenvalue weighted by molar-refractivity contribution is 7.89. The average molecular weight is 461 g/mol. The number of methoxy groups -OCH3 is 3. The van der Waals surface area contributed by atoms with Gasteiger partial charge in [0, 0.05) is 17.8 Å². The first-order valence-corrected chi connectivity index (χ1v) is 10.1. The zero-order valence-corrected chi connectivity index (χ0v) is 17.3. The van der Waals surface area contributed by atoms with Gasteiger partial charge in [-0.05, 0) is 18.2 Å². The number of carbonyl (C=O) groups excluding carboxylic acids is 1. The van der Waals surface area contributed by atoms with Gasteiger partial charge >= 0.3 is 6.18 Å². The van der Waals surface area contributed by atoms with Crippen LogP contribution in [0.2, 0.25) is 0 Å². The van der Waals surface area contributed by atoms with Crippen molar-refractivity contribution in [1.82, 2.24) is 4.72 Å². The molecule has 0 spiro atoms. The minimum atomic E-state index is -4.68. The Morgan fingerprint density at radius 3 is 2.16 bits per heavy atom. The number of hydrogen-bond acceptors (Lipinski definition) is 7. The van der Waals surface area contributed by atoms with Gasteiger partial charge in [-0.15, -0.1) is 0 Å². The van der Waals surface area contributed by atoms with Crippen LogP contribution in [-0.4, -0.2) is 41.8 Å². The summed E-state index contributed by atoms with van der Waals surface area (Å²) >= 11 is 0. The van der Waals surface area contributed by atoms with Gasteiger partial charge in [-0.3, -0.25) is 4.79 Å². The molecular formula is C18H18F3N3O6S. The van der Waals surface area contributed by atoms with E-state index in [1.807, 2.05) is 0 Å². The first kappa shape index (κ1) is 22.5. The smallest absolute Gasteiger partial charge is 0.416 e. The molecule has 168 valence electrons. The van der Waals surface area contributed by atoms with Crippen molar-refractivity contribution >= 4 is 27.3 Å². The van der Waals surface area contributed by atoms with E-state index in [1.165, 1.54) is 33.5 Å². The van der Waals surface area contributed by atoms with Crippen LogP contribution in [0.3, 0.4) is 0 Å². The fourth-order valence-corrected chi connectivity index (χ4v) is 4.20. The lowest BCUT2D eigenvalue weighted by Crippen LogP contribution is -2.51. The number of hydrogen-bond donors (Lipinski definition) is 3. The molecule has 1 heterocycles. The van der Waals surface area contributed by atoms with Gasteiger partial charge in [0.1, 0.15) is 4.90 Å². The van der Waals surface area contributed by atoms with Crippen molar-refractivity contribution in [2.45, 2.75) is 17.2 Å². The van der Waals surface area contributed by atoms with Gasteiger partial charge < -0.3 is 24.8 Å². The number of halogens is 3. The van der Waals surface area contributed by atoms with E-state index in [1.54, 1.807) is 0 Å². The monoisotopic (exact) mass is 461 g/mol. The molecule has 3 rings (SSSR count). The number of anilines is 2. The highest BCUT2D eigenvalue weighted by Gasteiger charge is 2.37. The van der Waals surface area contributed by atoms with Crippen molar-refractivity contribution < 1.29 is 40.6 Å². The van der Waals surface area contributed by atoms with Crippen LogP contribution in [0.25, 0.3) is 0 Å². The van der Waals surface area contributed by atoms with Crippen LogP contribution in [-0.2, 0) is 21.0 Å². The molecule has 1 aliphatic heterocycles. The van der Waals surface area contributed by atoms with E-state index in [9.17, 15) is 26.4 Å². The van der Waals surface area contributed by atoms with Gasteiger partial charge in [0.2, 0.25) is 15.8 Å². The number of fused-ring (bicyclic) bond motifs is 1. The fourth-order valence-electron chi connectivity index (χ4n) is 2.94. The predicted molar refractivity (Wildman–Crippen MR) is 104 cm³/mol. The summed E-state index contributed by atoms with van der Waals surface area (Å²) in [4.78, 5) is 12.3. The number of carbonyl (C=O) groups is 1. The van der Waals surface area contributed by atoms with Gasteiger partial charge in [-0.1, -0.05) is 0 Å². The van der Waals surface area contributed by atoms with E-state index in [2.05, 4.69) is 15.4 Å². The number of sulfonamides is 1. The van der Waals surface area contributed by atoms with Crippen LogP contribution in [0.5, 0.6) is 17.2 Å². The topological polar surface area (TPSA) is 115 Å². The summed E-state index contributed by atoms with van der Waals surface area (Å²) in [5.41, 5.74) is -1.23. The first-order valence-electron chi connectivity index (χ1n) is 8.61. The Morgan fingerprint density at radius 1 is 1.03 bits per heavy atom. The summed E-state index contributed by atoms with van der Waals surface area (Å²) in [6.07, 6.45) is -6.25. The molecule has 2 aromatic carbocycles. The molecule has 0 aliphatic carbocycles. The van der Waals surface area contributed by atoms with Crippen LogP contribution in [0, 0.1) is 0 Å². The molecule has 0 unspecified atom stereocenters. The molecule has 0 aromatic heterocycles. The van der Waals surface area contributed by atoms with Crippen LogP contribution in [0.15, 0.2) is 35.2 Å². The molecule has 0 radical (unpaired) electrons. The maximum Gasteiger partial charge on any atom is 0.416 e. The maximum absolute atomic E-state index is 13.0. The third-order valence-electron chi connectivity index (χ3n) is 4.36. The number of nitrogens with one attached hydrogen (secondary N) is 3. The highest BCUT2D eigenvalue weighted by atomic mass is 32.2. The number of ether oxygens (including phenoxy) is 3. The summed E-state index contributed by atoms with van der Waals surface area (Å²) in [7, 11) is -0.102. The van der Waals surface area contributed by atoms with Gasteiger partial charge in [-0.2, -0.15) is 17.9 Å². The molecule has 13 heteroatoms. The zero-order valence-electron chi connectivity index (χ0n) is 16.5. The lowest BCUT2D eigenvalue weighted by Gasteiger charge is -2.28. The van der Waals surface area contributed by atoms with Crippen LogP contribution in [0.4, 0.5) is 24.5 Å². The van der Waals surface area contributed by atoms with E-state index in [4.69, 9.17) is 14.2 Å². The normalized spacial score (nSPS) is 17.2. The second-order valence-corrected chi connectivity index (χ2v) is 7.99. The summed E-state index contributed by atoms with van der Waals surface area (Å²) < 4.78 is 81.4. The summed E-state index contributed by atoms with van der Waals surface area (Å²) in [5.74, 6) is -0.141.